The summed E-state index contributed by atoms with van der Waals surface area (Å²) in [6, 6.07) is 10.2. The molecule has 3 heteroatoms. The lowest BCUT2D eigenvalue weighted by molar-refractivity contribution is -0.186. The van der Waals surface area contributed by atoms with E-state index < -0.39 is 0 Å². The first-order chi connectivity index (χ1) is 7.83. The Morgan fingerprint density at radius 3 is 2.81 bits per heavy atom. The molecule has 0 bridgehead atoms. The van der Waals surface area contributed by atoms with Crippen LogP contribution >= 0.6 is 0 Å². The Bertz CT molecular complexity index is 351. The minimum absolute atomic E-state index is 0.112. The second-order valence-corrected chi connectivity index (χ2v) is 4.44. The molecule has 0 spiro atoms. The molecule has 0 radical (unpaired) electrons. The van der Waals surface area contributed by atoms with E-state index in [-0.39, 0.29) is 12.4 Å². The Balaban J connectivity index is 1.52. The molecule has 3 rings (SSSR count). The maximum atomic E-state index is 5.73. The van der Waals surface area contributed by atoms with Crippen LogP contribution < -0.4 is 0 Å². The summed E-state index contributed by atoms with van der Waals surface area (Å²) in [5, 5.41) is 0. The van der Waals surface area contributed by atoms with E-state index in [1.807, 2.05) is 25.1 Å². The zero-order valence-electron chi connectivity index (χ0n) is 9.34. The van der Waals surface area contributed by atoms with Gasteiger partial charge in [0.2, 0.25) is 0 Å². The van der Waals surface area contributed by atoms with Crippen molar-refractivity contribution in [1.29, 1.82) is 0 Å². The summed E-state index contributed by atoms with van der Waals surface area (Å²) in [5.74, 6) is 0. The van der Waals surface area contributed by atoms with Gasteiger partial charge in [0.05, 0.1) is 18.8 Å². The van der Waals surface area contributed by atoms with Crippen LogP contribution in [0.15, 0.2) is 30.3 Å². The van der Waals surface area contributed by atoms with E-state index in [0.29, 0.717) is 18.8 Å². The van der Waals surface area contributed by atoms with Gasteiger partial charge in [-0.15, -0.1) is 0 Å². The van der Waals surface area contributed by atoms with Gasteiger partial charge in [0.1, 0.15) is 6.10 Å². The maximum absolute atomic E-state index is 5.73. The van der Waals surface area contributed by atoms with Crippen LogP contribution in [0.1, 0.15) is 18.9 Å². The van der Waals surface area contributed by atoms with E-state index in [2.05, 4.69) is 12.1 Å². The zero-order chi connectivity index (χ0) is 11.0. The molecule has 0 aliphatic carbocycles. The van der Waals surface area contributed by atoms with Crippen molar-refractivity contribution in [2.45, 2.75) is 44.6 Å². The summed E-state index contributed by atoms with van der Waals surface area (Å²) in [4.78, 5) is 0. The normalized spacial score (nSPS) is 36.8. The van der Waals surface area contributed by atoms with Gasteiger partial charge in [-0.3, -0.25) is 0 Å². The van der Waals surface area contributed by atoms with Gasteiger partial charge in [0.15, 0.2) is 6.29 Å². The molecule has 2 aliphatic rings. The summed E-state index contributed by atoms with van der Waals surface area (Å²) in [7, 11) is 0. The van der Waals surface area contributed by atoms with Crippen LogP contribution in [0.2, 0.25) is 0 Å². The topological polar surface area (TPSA) is 31.0 Å². The molecule has 16 heavy (non-hydrogen) atoms. The average Bonchev–Trinajstić information content (AvgIpc) is 3.08. The zero-order valence-corrected chi connectivity index (χ0v) is 9.34. The summed E-state index contributed by atoms with van der Waals surface area (Å²) >= 11 is 0. The van der Waals surface area contributed by atoms with Crippen molar-refractivity contribution in [2.24, 2.45) is 0 Å². The lowest BCUT2D eigenvalue weighted by Crippen LogP contribution is -2.33. The van der Waals surface area contributed by atoms with Crippen molar-refractivity contribution >= 4 is 0 Å². The van der Waals surface area contributed by atoms with Crippen molar-refractivity contribution < 1.29 is 14.2 Å². The number of rotatable bonds is 3. The van der Waals surface area contributed by atoms with Crippen LogP contribution in [0.5, 0.6) is 0 Å². The molecule has 2 fully saturated rings. The van der Waals surface area contributed by atoms with Crippen molar-refractivity contribution in [3.8, 4) is 0 Å². The van der Waals surface area contributed by atoms with Crippen LogP contribution in [-0.4, -0.2) is 24.6 Å². The number of epoxide rings is 1. The average molecular weight is 220 g/mol. The Kier molecular flexibility index (Phi) is 2.67. The van der Waals surface area contributed by atoms with Gasteiger partial charge < -0.3 is 14.2 Å². The molecule has 0 N–H and O–H groups in total. The third-order valence-corrected chi connectivity index (χ3v) is 3.15. The van der Waals surface area contributed by atoms with Gasteiger partial charge in [0.25, 0.3) is 0 Å². The smallest absolute Gasteiger partial charge is 0.161 e. The molecule has 0 unspecified atom stereocenters. The molecule has 3 nitrogen and oxygen atoms in total. The predicted molar refractivity (Wildman–Crippen MR) is 58.8 cm³/mol. The maximum Gasteiger partial charge on any atom is 0.161 e. The van der Waals surface area contributed by atoms with Crippen molar-refractivity contribution in [2.75, 3.05) is 0 Å². The highest BCUT2D eigenvalue weighted by Crippen LogP contribution is 2.37. The lowest BCUT2D eigenvalue weighted by Gasteiger charge is -2.24. The van der Waals surface area contributed by atoms with E-state index in [4.69, 9.17) is 14.2 Å². The van der Waals surface area contributed by atoms with Gasteiger partial charge in [-0.2, -0.15) is 0 Å². The first kappa shape index (κ1) is 10.3. The first-order valence-electron chi connectivity index (χ1n) is 5.79. The van der Waals surface area contributed by atoms with Gasteiger partial charge >= 0.3 is 0 Å². The summed E-state index contributed by atoms with van der Waals surface area (Å²) in [5.41, 5.74) is 1.18. The number of fused-ring (bicyclic) bond motifs is 1. The molecular formula is C13H16O3. The predicted octanol–water partition coefficient (Wildman–Crippen LogP) is 2.11. The Morgan fingerprint density at radius 1 is 1.25 bits per heavy atom. The molecule has 2 saturated heterocycles. The highest BCUT2D eigenvalue weighted by molar-refractivity contribution is 5.13. The molecule has 1 aromatic carbocycles. The molecule has 2 heterocycles. The van der Waals surface area contributed by atoms with E-state index in [0.717, 1.165) is 6.42 Å². The molecule has 1 aromatic rings. The van der Waals surface area contributed by atoms with Crippen molar-refractivity contribution in [1.82, 2.24) is 0 Å². The largest absolute Gasteiger partial charge is 0.367 e. The number of hydrogen-bond donors (Lipinski definition) is 0. The molecular weight excluding hydrogens is 204 g/mol. The number of benzene rings is 1. The van der Waals surface area contributed by atoms with E-state index in [1.54, 1.807) is 0 Å². The molecule has 0 aromatic heterocycles. The minimum Gasteiger partial charge on any atom is -0.367 e. The Labute approximate surface area is 95.3 Å². The van der Waals surface area contributed by atoms with Crippen LogP contribution in [0.25, 0.3) is 0 Å². The van der Waals surface area contributed by atoms with Crippen LogP contribution in [0.4, 0.5) is 0 Å². The third-order valence-electron chi connectivity index (χ3n) is 3.15. The van der Waals surface area contributed by atoms with Gasteiger partial charge in [-0.05, 0) is 12.5 Å². The van der Waals surface area contributed by atoms with Crippen LogP contribution in [0, 0.1) is 0 Å². The van der Waals surface area contributed by atoms with E-state index in [1.165, 1.54) is 5.56 Å². The summed E-state index contributed by atoms with van der Waals surface area (Å²) < 4.78 is 16.9. The highest BCUT2D eigenvalue weighted by Gasteiger charge is 2.49. The van der Waals surface area contributed by atoms with E-state index in [9.17, 15) is 0 Å². The second-order valence-electron chi connectivity index (χ2n) is 4.44. The third kappa shape index (κ3) is 2.12. The van der Waals surface area contributed by atoms with Crippen LogP contribution in [0.3, 0.4) is 0 Å². The molecule has 86 valence electrons. The van der Waals surface area contributed by atoms with Crippen molar-refractivity contribution in [3.63, 3.8) is 0 Å². The fourth-order valence-corrected chi connectivity index (χ4v) is 2.19. The SMILES string of the molecule is C[C@H]1O[C@@H](OCc2ccccc2)C[C@@H]2O[C@@H]21. The Morgan fingerprint density at radius 2 is 2.06 bits per heavy atom. The summed E-state index contributed by atoms with van der Waals surface area (Å²) in [6.45, 7) is 2.65. The van der Waals surface area contributed by atoms with Gasteiger partial charge in [-0.1, -0.05) is 30.3 Å². The molecule has 4 atom stereocenters. The van der Waals surface area contributed by atoms with Crippen molar-refractivity contribution in [3.05, 3.63) is 35.9 Å². The molecule has 0 saturated carbocycles. The monoisotopic (exact) mass is 220 g/mol. The second kappa shape index (κ2) is 4.17. The minimum atomic E-state index is -0.112. The van der Waals surface area contributed by atoms with Gasteiger partial charge in [0, 0.05) is 6.42 Å². The quantitative estimate of drug-likeness (QED) is 0.731. The fraction of sp³-hybridized carbons (Fsp3) is 0.538. The van der Waals surface area contributed by atoms with E-state index >= 15 is 0 Å². The lowest BCUT2D eigenvalue weighted by atomic mass is 10.1. The molecule has 0 amide bonds. The Hall–Kier alpha value is -0.900. The van der Waals surface area contributed by atoms with Gasteiger partial charge in [-0.25, -0.2) is 0 Å². The van der Waals surface area contributed by atoms with Crippen LogP contribution in [-0.2, 0) is 20.8 Å². The fourth-order valence-electron chi connectivity index (χ4n) is 2.19. The number of ether oxygens (including phenoxy) is 3. The number of hydrogen-bond acceptors (Lipinski definition) is 3. The molecule has 2 aliphatic heterocycles. The highest BCUT2D eigenvalue weighted by atomic mass is 16.7. The first-order valence-corrected chi connectivity index (χ1v) is 5.79. The standard InChI is InChI=1S/C13H16O3/c1-9-13-11(16-13)7-12(15-9)14-8-10-5-3-2-4-6-10/h2-6,9,11-13H,7-8H2,1H3/t9-,11+,12-,13-/m1/s1. The summed E-state index contributed by atoms with van der Waals surface area (Å²) in [6.07, 6.45) is 1.60.